The van der Waals surface area contributed by atoms with Gasteiger partial charge in [-0.1, -0.05) is 23.7 Å². The van der Waals surface area contributed by atoms with Gasteiger partial charge in [-0.2, -0.15) is 0 Å². The molecule has 7 heteroatoms. The van der Waals surface area contributed by atoms with E-state index in [0.717, 1.165) is 18.4 Å². The van der Waals surface area contributed by atoms with Gasteiger partial charge in [0.15, 0.2) is 0 Å². The number of piperidine rings is 1. The predicted molar refractivity (Wildman–Crippen MR) is 88.5 cm³/mol. The van der Waals surface area contributed by atoms with E-state index < -0.39 is 16.1 Å². The Hall–Kier alpha value is -0.660. The van der Waals surface area contributed by atoms with Crippen LogP contribution in [-0.4, -0.2) is 61.7 Å². The second-order valence-corrected chi connectivity index (χ2v) is 8.32. The van der Waals surface area contributed by atoms with Crippen molar-refractivity contribution in [1.29, 1.82) is 0 Å². The fourth-order valence-electron chi connectivity index (χ4n) is 2.86. The van der Waals surface area contributed by atoms with Crippen LogP contribution in [0.2, 0.25) is 5.02 Å². The lowest BCUT2D eigenvalue weighted by Crippen LogP contribution is -2.46. The molecule has 124 valence electrons. The Bertz CT molecular complexity index is 601. The third-order valence-electron chi connectivity index (χ3n) is 4.21. The van der Waals surface area contributed by atoms with E-state index in [9.17, 15) is 13.5 Å². The minimum Gasteiger partial charge on any atom is -0.387 e. The SMILES string of the molecule is CN(CC(O)c1cccc(Cl)c1)C1CCN(S(C)(=O)=O)CC1. The molecule has 0 aromatic heterocycles. The molecule has 0 aliphatic carbocycles. The minimum atomic E-state index is -3.10. The van der Waals surface area contributed by atoms with Crippen molar-refractivity contribution in [2.75, 3.05) is 32.9 Å². The van der Waals surface area contributed by atoms with E-state index in [1.165, 1.54) is 10.6 Å². The largest absolute Gasteiger partial charge is 0.387 e. The number of rotatable bonds is 5. The van der Waals surface area contributed by atoms with Gasteiger partial charge in [-0.3, -0.25) is 0 Å². The summed E-state index contributed by atoms with van der Waals surface area (Å²) in [6.45, 7) is 1.59. The molecule has 1 aromatic rings. The molecule has 1 fully saturated rings. The lowest BCUT2D eigenvalue weighted by molar-refractivity contribution is 0.0860. The zero-order chi connectivity index (χ0) is 16.3. The molecule has 0 radical (unpaired) electrons. The second kappa shape index (κ2) is 7.27. The standard InChI is InChI=1S/C15H23ClN2O3S/c1-17(11-15(19)12-4-3-5-13(16)10-12)14-6-8-18(9-7-14)22(2,20)21/h3-5,10,14-15,19H,6-9,11H2,1-2H3. The number of aliphatic hydroxyl groups excluding tert-OH is 1. The van der Waals surface area contributed by atoms with Crippen LogP contribution in [0.15, 0.2) is 24.3 Å². The number of sulfonamides is 1. The topological polar surface area (TPSA) is 60.9 Å². The van der Waals surface area contributed by atoms with E-state index in [-0.39, 0.29) is 6.04 Å². The van der Waals surface area contributed by atoms with Gasteiger partial charge in [0, 0.05) is 30.7 Å². The first-order valence-corrected chi connectivity index (χ1v) is 9.59. The second-order valence-electron chi connectivity index (χ2n) is 5.90. The van der Waals surface area contributed by atoms with Gasteiger partial charge in [0.2, 0.25) is 10.0 Å². The first-order valence-electron chi connectivity index (χ1n) is 7.36. The molecule has 0 bridgehead atoms. The van der Waals surface area contributed by atoms with Crippen LogP contribution >= 0.6 is 11.6 Å². The third-order valence-corrected chi connectivity index (χ3v) is 5.75. The Morgan fingerprint density at radius 1 is 1.41 bits per heavy atom. The molecule has 1 saturated heterocycles. The van der Waals surface area contributed by atoms with Gasteiger partial charge < -0.3 is 10.0 Å². The van der Waals surface area contributed by atoms with Gasteiger partial charge in [-0.05, 0) is 37.6 Å². The molecule has 0 amide bonds. The summed E-state index contributed by atoms with van der Waals surface area (Å²) in [5.41, 5.74) is 0.799. The van der Waals surface area contributed by atoms with Crippen LogP contribution < -0.4 is 0 Å². The molecule has 5 nitrogen and oxygen atoms in total. The van der Waals surface area contributed by atoms with E-state index >= 15 is 0 Å². The van der Waals surface area contributed by atoms with E-state index in [0.29, 0.717) is 24.7 Å². The summed E-state index contributed by atoms with van der Waals surface area (Å²) >= 11 is 5.95. The van der Waals surface area contributed by atoms with Crippen molar-refractivity contribution >= 4 is 21.6 Å². The van der Waals surface area contributed by atoms with Gasteiger partial charge in [0.05, 0.1) is 12.4 Å². The zero-order valence-corrected chi connectivity index (χ0v) is 14.5. The van der Waals surface area contributed by atoms with Gasteiger partial charge >= 0.3 is 0 Å². The lowest BCUT2D eigenvalue weighted by Gasteiger charge is -2.36. The summed E-state index contributed by atoms with van der Waals surface area (Å²) in [5.74, 6) is 0. The smallest absolute Gasteiger partial charge is 0.211 e. The molecule has 0 spiro atoms. The first kappa shape index (κ1) is 17.7. The van der Waals surface area contributed by atoms with E-state index in [1.807, 2.05) is 19.2 Å². The van der Waals surface area contributed by atoms with Crippen LogP contribution in [0, 0.1) is 0 Å². The number of nitrogens with zero attached hydrogens (tertiary/aromatic N) is 2. The molecular weight excluding hydrogens is 324 g/mol. The Morgan fingerprint density at radius 3 is 2.59 bits per heavy atom. The highest BCUT2D eigenvalue weighted by Gasteiger charge is 2.27. The number of benzene rings is 1. The Kier molecular flexibility index (Phi) is 5.85. The van der Waals surface area contributed by atoms with Crippen LogP contribution in [0.3, 0.4) is 0 Å². The summed E-state index contributed by atoms with van der Waals surface area (Å²) in [4.78, 5) is 2.10. The maximum Gasteiger partial charge on any atom is 0.211 e. The molecule has 1 atom stereocenters. The normalized spacial score (nSPS) is 19.5. The van der Waals surface area contributed by atoms with Gasteiger partial charge in [-0.25, -0.2) is 12.7 Å². The molecule has 2 rings (SSSR count). The molecule has 1 heterocycles. The van der Waals surface area contributed by atoms with Crippen molar-refractivity contribution in [1.82, 2.24) is 9.21 Å². The fourth-order valence-corrected chi connectivity index (χ4v) is 3.93. The first-order chi connectivity index (χ1) is 10.3. The van der Waals surface area contributed by atoms with E-state index in [1.54, 1.807) is 12.1 Å². The lowest BCUT2D eigenvalue weighted by atomic mass is 10.0. The highest BCUT2D eigenvalue weighted by atomic mass is 35.5. The zero-order valence-electron chi connectivity index (χ0n) is 12.9. The summed E-state index contributed by atoms with van der Waals surface area (Å²) in [6.07, 6.45) is 2.22. The highest BCUT2D eigenvalue weighted by molar-refractivity contribution is 7.88. The van der Waals surface area contributed by atoms with Gasteiger partial charge in [-0.15, -0.1) is 0 Å². The van der Waals surface area contributed by atoms with Crippen molar-refractivity contribution < 1.29 is 13.5 Å². The molecule has 1 unspecified atom stereocenters. The quantitative estimate of drug-likeness (QED) is 0.882. The van der Waals surface area contributed by atoms with Crippen molar-refractivity contribution in [2.45, 2.75) is 25.0 Å². The van der Waals surface area contributed by atoms with E-state index in [2.05, 4.69) is 4.90 Å². The van der Waals surface area contributed by atoms with Crippen LogP contribution in [0.4, 0.5) is 0 Å². The Labute approximate surface area is 137 Å². The van der Waals surface area contributed by atoms with Crippen LogP contribution in [0.1, 0.15) is 24.5 Å². The summed E-state index contributed by atoms with van der Waals surface area (Å²) in [6, 6.07) is 7.52. The predicted octanol–water partition coefficient (Wildman–Crippen LogP) is 1.73. The summed E-state index contributed by atoms with van der Waals surface area (Å²) in [7, 11) is -1.13. The van der Waals surface area contributed by atoms with Gasteiger partial charge in [0.1, 0.15) is 0 Å². The monoisotopic (exact) mass is 346 g/mol. The molecule has 1 aromatic carbocycles. The average Bonchev–Trinajstić information content (AvgIpc) is 2.46. The maximum absolute atomic E-state index is 11.5. The fraction of sp³-hybridized carbons (Fsp3) is 0.600. The number of halogens is 1. The van der Waals surface area contributed by atoms with Crippen LogP contribution in [0.5, 0.6) is 0 Å². The number of hydrogen-bond acceptors (Lipinski definition) is 4. The molecule has 1 N–H and O–H groups in total. The molecule has 1 aliphatic rings. The minimum absolute atomic E-state index is 0.284. The number of hydrogen-bond donors (Lipinski definition) is 1. The number of likely N-dealkylation sites (N-methyl/N-ethyl adjacent to an activating group) is 1. The average molecular weight is 347 g/mol. The number of aliphatic hydroxyl groups is 1. The molecule has 1 aliphatic heterocycles. The third kappa shape index (κ3) is 4.67. The van der Waals surface area contributed by atoms with Crippen molar-refractivity contribution in [3.8, 4) is 0 Å². The molecule has 0 saturated carbocycles. The molecular formula is C15H23ClN2O3S. The highest BCUT2D eigenvalue weighted by Crippen LogP contribution is 2.22. The van der Waals surface area contributed by atoms with Crippen molar-refractivity contribution in [3.63, 3.8) is 0 Å². The maximum atomic E-state index is 11.5. The van der Waals surface area contributed by atoms with Crippen LogP contribution in [0.25, 0.3) is 0 Å². The van der Waals surface area contributed by atoms with Crippen molar-refractivity contribution in [3.05, 3.63) is 34.9 Å². The van der Waals surface area contributed by atoms with Gasteiger partial charge in [0.25, 0.3) is 0 Å². The van der Waals surface area contributed by atoms with E-state index in [4.69, 9.17) is 11.6 Å². The molecule has 22 heavy (non-hydrogen) atoms. The summed E-state index contributed by atoms with van der Waals surface area (Å²) < 4.78 is 24.6. The van der Waals surface area contributed by atoms with Crippen LogP contribution in [-0.2, 0) is 10.0 Å². The summed E-state index contributed by atoms with van der Waals surface area (Å²) in [5, 5.41) is 10.9. The Balaban J connectivity index is 1.89. The Morgan fingerprint density at radius 2 is 2.05 bits per heavy atom. The van der Waals surface area contributed by atoms with Crippen molar-refractivity contribution in [2.24, 2.45) is 0 Å².